The minimum Gasteiger partial charge on any atom is -0.465 e. The Bertz CT molecular complexity index is 2110. The Balaban J connectivity index is 1.26. The lowest BCUT2D eigenvalue weighted by molar-refractivity contribution is -0.139. The van der Waals surface area contributed by atoms with Crippen molar-refractivity contribution in [3.8, 4) is 11.3 Å². The first-order valence-corrected chi connectivity index (χ1v) is 19.7. The van der Waals surface area contributed by atoms with Crippen molar-refractivity contribution in [3.05, 3.63) is 48.4 Å². The molecule has 15 nitrogen and oxygen atoms in total. The number of rotatable bonds is 13. The van der Waals surface area contributed by atoms with Crippen molar-refractivity contribution in [2.24, 2.45) is 11.8 Å². The molecule has 2 fully saturated rings. The van der Waals surface area contributed by atoms with Crippen LogP contribution in [0.1, 0.15) is 85.0 Å². The van der Waals surface area contributed by atoms with Gasteiger partial charge in [0.15, 0.2) is 0 Å². The topological polar surface area (TPSA) is 191 Å². The summed E-state index contributed by atoms with van der Waals surface area (Å²) in [5.74, 6) is -0.570. The highest BCUT2D eigenvalue weighted by Crippen LogP contribution is 2.36. The van der Waals surface area contributed by atoms with Crippen LogP contribution in [0.15, 0.2) is 42.6 Å². The number of anilines is 1. The van der Waals surface area contributed by atoms with E-state index in [1.54, 1.807) is 24.9 Å². The number of hydrogen-bond donors (Lipinski definition) is 5. The molecule has 4 heterocycles. The van der Waals surface area contributed by atoms with Crippen molar-refractivity contribution in [3.63, 3.8) is 0 Å². The summed E-state index contributed by atoms with van der Waals surface area (Å²) in [5, 5.41) is 19.5. The first kappa shape index (κ1) is 40.1. The number of amides is 5. The quantitative estimate of drug-likeness (QED) is 0.105. The number of likely N-dealkylation sites (tertiary alicyclic amines) is 2. The van der Waals surface area contributed by atoms with Gasteiger partial charge in [-0.2, -0.15) is 0 Å². The molecule has 4 atom stereocenters. The van der Waals surface area contributed by atoms with Gasteiger partial charge in [-0.05, 0) is 62.1 Å². The second-order valence-electron chi connectivity index (χ2n) is 15.5. The first-order chi connectivity index (χ1) is 26.8. The van der Waals surface area contributed by atoms with Crippen molar-refractivity contribution in [1.29, 1.82) is 0 Å². The van der Waals surface area contributed by atoms with Crippen LogP contribution in [0, 0.1) is 11.8 Å². The van der Waals surface area contributed by atoms with Gasteiger partial charge in [0.05, 0.1) is 30.6 Å². The smallest absolute Gasteiger partial charge is 0.407 e. The molecular weight excluding hydrogens is 716 g/mol. The molecule has 300 valence electrons. The molecule has 6 rings (SSSR count). The fraction of sp³-hybridized carbons (Fsp3) is 0.512. The van der Waals surface area contributed by atoms with Gasteiger partial charge in [-0.25, -0.2) is 14.6 Å². The molecule has 56 heavy (non-hydrogen) atoms. The normalized spacial score (nSPS) is 18.1. The van der Waals surface area contributed by atoms with Gasteiger partial charge >= 0.3 is 12.2 Å². The van der Waals surface area contributed by atoms with E-state index in [1.165, 1.54) is 12.0 Å². The Kier molecular flexibility index (Phi) is 12.2. The number of ether oxygens (including phenoxy) is 1. The molecule has 0 radical (unpaired) electrons. The zero-order valence-corrected chi connectivity index (χ0v) is 33.1. The minimum atomic E-state index is -1.28. The van der Waals surface area contributed by atoms with E-state index in [1.807, 2.05) is 32.0 Å². The summed E-state index contributed by atoms with van der Waals surface area (Å²) in [4.78, 5) is 75.7. The number of hydrogen-bond acceptors (Lipinski definition) is 7. The number of aromatic amines is 1. The van der Waals surface area contributed by atoms with Gasteiger partial charge < -0.3 is 45.1 Å². The zero-order valence-electron chi connectivity index (χ0n) is 33.1. The number of methoxy groups -OCH3 is 1. The third-order valence-electron chi connectivity index (χ3n) is 11.1. The lowest BCUT2D eigenvalue weighted by Crippen LogP contribution is -2.54. The van der Waals surface area contributed by atoms with E-state index < -0.39 is 36.2 Å². The number of aryl methyl sites for hydroxylation is 1. The summed E-state index contributed by atoms with van der Waals surface area (Å²) < 4.78 is 7.05. The predicted octanol–water partition coefficient (Wildman–Crippen LogP) is 6.25. The Labute approximate surface area is 326 Å². The van der Waals surface area contributed by atoms with Crippen molar-refractivity contribution >= 4 is 57.4 Å². The highest BCUT2D eigenvalue weighted by molar-refractivity contribution is 6.10. The number of carbonyl (C=O) groups is 5. The SMILES string of the molecule is CCCCn1c2cc(NC(=O)[C@@H]3CCCN3C(=O)C(NC(=O)O)C(C)C)ccc2c2ccc(-c3cnc([C@@H]4CCCN4C(=O)C(NC(=O)OC)C(C)C)[nH]3)cc21. The maximum absolute atomic E-state index is 13.7. The first-order valence-electron chi connectivity index (χ1n) is 19.7. The van der Waals surface area contributed by atoms with Crippen LogP contribution in [0.4, 0.5) is 15.3 Å². The van der Waals surface area contributed by atoms with Crippen LogP contribution in [-0.2, 0) is 25.7 Å². The van der Waals surface area contributed by atoms with Crippen LogP contribution in [-0.4, -0.2) is 97.7 Å². The van der Waals surface area contributed by atoms with Crippen LogP contribution >= 0.6 is 0 Å². The maximum Gasteiger partial charge on any atom is 0.407 e. The van der Waals surface area contributed by atoms with Crippen LogP contribution in [0.5, 0.6) is 0 Å². The zero-order chi connectivity index (χ0) is 40.3. The highest BCUT2D eigenvalue weighted by atomic mass is 16.5. The number of nitrogens with zero attached hydrogens (tertiary/aromatic N) is 4. The Morgan fingerprint density at radius 3 is 2.21 bits per heavy atom. The van der Waals surface area contributed by atoms with Gasteiger partial charge in [0.1, 0.15) is 23.9 Å². The van der Waals surface area contributed by atoms with Gasteiger partial charge in [-0.3, -0.25) is 14.4 Å². The van der Waals surface area contributed by atoms with Crippen molar-refractivity contribution in [2.75, 3.05) is 25.5 Å². The molecule has 5 amide bonds. The van der Waals surface area contributed by atoms with E-state index >= 15 is 0 Å². The summed E-state index contributed by atoms with van der Waals surface area (Å²) in [5.41, 5.74) is 4.39. The predicted molar refractivity (Wildman–Crippen MR) is 213 cm³/mol. The third kappa shape index (κ3) is 8.17. The molecule has 0 bridgehead atoms. The largest absolute Gasteiger partial charge is 0.465 e. The van der Waals surface area contributed by atoms with E-state index in [4.69, 9.17) is 9.72 Å². The lowest BCUT2D eigenvalue weighted by atomic mass is 10.0. The van der Waals surface area contributed by atoms with Crippen LogP contribution in [0.2, 0.25) is 0 Å². The summed E-state index contributed by atoms with van der Waals surface area (Å²) in [7, 11) is 1.28. The number of fused-ring (bicyclic) bond motifs is 3. The van der Waals surface area contributed by atoms with Gasteiger partial charge in [0.25, 0.3) is 0 Å². The van der Waals surface area contributed by atoms with Crippen molar-refractivity contribution in [2.45, 2.75) is 104 Å². The lowest BCUT2D eigenvalue weighted by Gasteiger charge is -2.30. The number of aromatic nitrogens is 3. The standard InChI is InChI=1S/C41H54N8O7/c1-7-8-17-47-32-20-25(29-22-42-36(44-29)30-11-9-18-48(30)39(52)35(24(4)5)46-41(55)56-6)13-15-27(32)28-16-14-26(21-33(28)47)43-37(50)31-12-10-19-49(31)38(51)34(23(2)3)45-40(53)54/h13-16,20-24,30-31,34-35,45H,7-12,17-19H2,1-6H3,(H,42,44)(H,43,50)(H,46,55)(H,53,54)/t30-,31-,34?,35?/m0/s1. The van der Waals surface area contributed by atoms with E-state index in [0.29, 0.717) is 37.4 Å². The summed E-state index contributed by atoms with van der Waals surface area (Å²) >= 11 is 0. The molecule has 15 heteroatoms. The number of benzene rings is 2. The maximum atomic E-state index is 13.7. The van der Waals surface area contributed by atoms with Gasteiger partial charge in [-0.1, -0.05) is 59.2 Å². The van der Waals surface area contributed by atoms with E-state index in [0.717, 1.165) is 65.3 Å². The highest BCUT2D eigenvalue weighted by Gasteiger charge is 2.39. The minimum absolute atomic E-state index is 0.130. The second kappa shape index (κ2) is 17.0. The average Bonchev–Trinajstić information content (AvgIpc) is 4.00. The molecule has 4 aromatic rings. The van der Waals surface area contributed by atoms with E-state index in [9.17, 15) is 29.1 Å². The molecule has 5 N–H and O–H groups in total. The molecule has 2 saturated heterocycles. The Morgan fingerprint density at radius 2 is 1.54 bits per heavy atom. The molecule has 2 aliphatic rings. The average molecular weight is 771 g/mol. The molecule has 0 saturated carbocycles. The number of imidazole rings is 1. The number of nitrogens with one attached hydrogen (secondary N) is 4. The van der Waals surface area contributed by atoms with Gasteiger partial charge in [-0.15, -0.1) is 0 Å². The molecular formula is C41H54N8O7. The third-order valence-corrected chi connectivity index (χ3v) is 11.1. The number of alkyl carbamates (subject to hydrolysis) is 1. The molecule has 2 aromatic heterocycles. The fourth-order valence-electron chi connectivity index (χ4n) is 8.10. The number of unbranched alkanes of at least 4 members (excludes halogenated alkanes) is 1. The van der Waals surface area contributed by atoms with Gasteiger partial charge in [0.2, 0.25) is 17.7 Å². The van der Waals surface area contributed by atoms with Crippen LogP contribution in [0.3, 0.4) is 0 Å². The van der Waals surface area contributed by atoms with Crippen LogP contribution < -0.4 is 16.0 Å². The van der Waals surface area contributed by atoms with E-state index in [-0.39, 0.29) is 29.7 Å². The molecule has 2 aromatic carbocycles. The van der Waals surface area contributed by atoms with E-state index in [2.05, 4.69) is 50.6 Å². The number of carboxylic acid groups (broad SMARTS) is 1. The van der Waals surface area contributed by atoms with Crippen molar-refractivity contribution in [1.82, 2.24) is 35.0 Å². The summed E-state index contributed by atoms with van der Waals surface area (Å²) in [6, 6.07) is 9.56. The monoisotopic (exact) mass is 770 g/mol. The molecule has 0 spiro atoms. The van der Waals surface area contributed by atoms with Gasteiger partial charge in [0, 0.05) is 47.2 Å². The Morgan fingerprint density at radius 1 is 0.893 bits per heavy atom. The fourth-order valence-corrected chi connectivity index (χ4v) is 8.10. The van der Waals surface area contributed by atoms with Crippen LogP contribution in [0.25, 0.3) is 33.1 Å². The summed E-state index contributed by atoms with van der Waals surface area (Å²) in [6.07, 6.45) is 4.53. The molecule has 2 aliphatic heterocycles. The number of carbonyl (C=O) groups excluding carboxylic acids is 4. The molecule has 0 aliphatic carbocycles. The molecule has 2 unspecified atom stereocenters. The second-order valence-corrected chi connectivity index (χ2v) is 15.5. The summed E-state index contributed by atoms with van der Waals surface area (Å²) in [6.45, 7) is 11.2. The number of H-pyrrole nitrogens is 1. The van der Waals surface area contributed by atoms with Crippen molar-refractivity contribution < 1.29 is 33.8 Å². The Hall–Kier alpha value is -5.60.